The van der Waals surface area contributed by atoms with Crippen LogP contribution in [-0.2, 0) is 0 Å². The number of benzene rings is 1. The minimum absolute atomic E-state index is 0.0600. The molecule has 0 saturated carbocycles. The first-order chi connectivity index (χ1) is 9.63. The lowest BCUT2D eigenvalue weighted by molar-refractivity contribution is -0.384. The fourth-order valence-electron chi connectivity index (χ4n) is 2.08. The van der Waals surface area contributed by atoms with Gasteiger partial charge in [0.05, 0.1) is 28.4 Å². The van der Waals surface area contributed by atoms with Gasteiger partial charge in [-0.3, -0.25) is 10.1 Å². The number of aromatic amines is 1. The number of H-pyrrole nitrogens is 1. The average molecular weight is 274 g/mol. The lowest BCUT2D eigenvalue weighted by Crippen LogP contribution is -2.11. The lowest BCUT2D eigenvalue weighted by atomic mass is 10.1. The Morgan fingerprint density at radius 2 is 2.20 bits per heavy atom. The zero-order valence-corrected chi connectivity index (χ0v) is 11.4. The summed E-state index contributed by atoms with van der Waals surface area (Å²) in [4.78, 5) is 18.0. The molecule has 1 unspecified atom stereocenters. The number of nitrogens with two attached hydrogens (primary N) is 1. The van der Waals surface area contributed by atoms with Crippen molar-refractivity contribution in [3.8, 4) is 11.3 Å². The summed E-state index contributed by atoms with van der Waals surface area (Å²) < 4.78 is 0. The molecule has 20 heavy (non-hydrogen) atoms. The molecule has 1 atom stereocenters. The number of hydrogen-bond donors (Lipinski definition) is 2. The van der Waals surface area contributed by atoms with Crippen LogP contribution in [0.5, 0.6) is 0 Å². The molecule has 1 aromatic heterocycles. The molecule has 0 amide bonds. The van der Waals surface area contributed by atoms with Gasteiger partial charge in [-0.15, -0.1) is 0 Å². The zero-order valence-electron chi connectivity index (χ0n) is 11.4. The molecule has 0 bridgehead atoms. The number of imidazole rings is 1. The van der Waals surface area contributed by atoms with Gasteiger partial charge in [-0.1, -0.05) is 31.9 Å². The standard InChI is InChI=1S/C14H18N4O2/c1-2-3-7-11(15)14-16-9-12(17-14)10-6-4-5-8-13(10)18(19)20/h4-6,8-9,11H,2-3,7,15H2,1H3,(H,16,17). The minimum Gasteiger partial charge on any atom is -0.340 e. The van der Waals surface area contributed by atoms with Crippen molar-refractivity contribution in [3.63, 3.8) is 0 Å². The van der Waals surface area contributed by atoms with E-state index in [-0.39, 0.29) is 11.7 Å². The average Bonchev–Trinajstić information content (AvgIpc) is 2.94. The molecule has 0 aliphatic heterocycles. The summed E-state index contributed by atoms with van der Waals surface area (Å²) in [6, 6.07) is 6.43. The van der Waals surface area contributed by atoms with Gasteiger partial charge in [-0.2, -0.15) is 0 Å². The Morgan fingerprint density at radius 3 is 2.90 bits per heavy atom. The number of nitro benzene ring substituents is 1. The van der Waals surface area contributed by atoms with Crippen LogP contribution < -0.4 is 5.73 Å². The molecule has 1 aromatic carbocycles. The van der Waals surface area contributed by atoms with Crippen LogP contribution in [0.2, 0.25) is 0 Å². The molecule has 0 fully saturated rings. The molecule has 6 heteroatoms. The molecule has 2 aromatic rings. The van der Waals surface area contributed by atoms with Crippen LogP contribution >= 0.6 is 0 Å². The minimum atomic E-state index is -0.396. The number of rotatable bonds is 6. The fourth-order valence-corrected chi connectivity index (χ4v) is 2.08. The van der Waals surface area contributed by atoms with Crippen LogP contribution in [0.15, 0.2) is 30.5 Å². The third-order valence-electron chi connectivity index (χ3n) is 3.21. The van der Waals surface area contributed by atoms with Crippen LogP contribution in [0.25, 0.3) is 11.3 Å². The van der Waals surface area contributed by atoms with Crippen molar-refractivity contribution in [3.05, 3.63) is 46.4 Å². The Labute approximate surface area is 117 Å². The Hall–Kier alpha value is -2.21. The number of para-hydroxylation sites is 1. The van der Waals surface area contributed by atoms with E-state index in [1.165, 1.54) is 6.07 Å². The van der Waals surface area contributed by atoms with Crippen molar-refractivity contribution < 1.29 is 4.92 Å². The van der Waals surface area contributed by atoms with E-state index in [9.17, 15) is 10.1 Å². The van der Waals surface area contributed by atoms with Crippen LogP contribution in [0.1, 0.15) is 38.1 Å². The van der Waals surface area contributed by atoms with Crippen LogP contribution in [0.4, 0.5) is 5.69 Å². The van der Waals surface area contributed by atoms with Crippen molar-refractivity contribution in [1.29, 1.82) is 0 Å². The highest BCUT2D eigenvalue weighted by molar-refractivity contribution is 5.70. The number of aromatic nitrogens is 2. The van der Waals surface area contributed by atoms with Gasteiger partial charge in [0.25, 0.3) is 5.69 Å². The first-order valence-corrected chi connectivity index (χ1v) is 6.67. The Balaban J connectivity index is 2.27. The van der Waals surface area contributed by atoms with E-state index in [0.717, 1.165) is 19.3 Å². The van der Waals surface area contributed by atoms with Crippen LogP contribution in [0, 0.1) is 10.1 Å². The molecule has 0 aliphatic rings. The Morgan fingerprint density at radius 1 is 1.45 bits per heavy atom. The van der Waals surface area contributed by atoms with Gasteiger partial charge in [-0.05, 0) is 12.5 Å². The highest BCUT2D eigenvalue weighted by Gasteiger charge is 2.17. The predicted molar refractivity (Wildman–Crippen MR) is 77.1 cm³/mol. The maximum Gasteiger partial charge on any atom is 0.278 e. The SMILES string of the molecule is CCCCC(N)c1ncc(-c2ccccc2[N+](=O)[O-])[nH]1. The second-order valence-electron chi connectivity index (χ2n) is 4.71. The highest BCUT2D eigenvalue weighted by atomic mass is 16.6. The van der Waals surface area contributed by atoms with E-state index in [1.54, 1.807) is 24.4 Å². The van der Waals surface area contributed by atoms with Gasteiger partial charge in [0.15, 0.2) is 0 Å². The maximum atomic E-state index is 11.0. The second kappa shape index (κ2) is 6.29. The number of nitrogens with one attached hydrogen (secondary N) is 1. The molecular weight excluding hydrogens is 256 g/mol. The van der Waals surface area contributed by atoms with Crippen molar-refractivity contribution in [1.82, 2.24) is 9.97 Å². The monoisotopic (exact) mass is 274 g/mol. The second-order valence-corrected chi connectivity index (χ2v) is 4.71. The smallest absolute Gasteiger partial charge is 0.278 e. The first kappa shape index (κ1) is 14.2. The van der Waals surface area contributed by atoms with E-state index >= 15 is 0 Å². The lowest BCUT2D eigenvalue weighted by Gasteiger charge is -2.07. The van der Waals surface area contributed by atoms with Gasteiger partial charge in [0.2, 0.25) is 0 Å². The predicted octanol–water partition coefficient (Wildman–Crippen LogP) is 3.17. The van der Waals surface area contributed by atoms with Gasteiger partial charge in [-0.25, -0.2) is 4.98 Å². The summed E-state index contributed by atoms with van der Waals surface area (Å²) in [7, 11) is 0. The molecule has 3 N–H and O–H groups in total. The molecule has 0 radical (unpaired) electrons. The molecule has 1 heterocycles. The summed E-state index contributed by atoms with van der Waals surface area (Å²) in [6.45, 7) is 2.10. The molecule has 6 nitrogen and oxygen atoms in total. The number of nitro groups is 1. The summed E-state index contributed by atoms with van der Waals surface area (Å²) in [6.07, 6.45) is 4.55. The van der Waals surface area contributed by atoms with Crippen molar-refractivity contribution in [2.24, 2.45) is 5.73 Å². The third kappa shape index (κ3) is 3.03. The highest BCUT2D eigenvalue weighted by Crippen LogP contribution is 2.28. The molecule has 0 saturated heterocycles. The molecule has 0 spiro atoms. The molecule has 0 aliphatic carbocycles. The third-order valence-corrected chi connectivity index (χ3v) is 3.21. The number of nitrogens with zero attached hydrogens (tertiary/aromatic N) is 2. The zero-order chi connectivity index (χ0) is 14.5. The van der Waals surface area contributed by atoms with Crippen molar-refractivity contribution in [2.75, 3.05) is 0 Å². The Kier molecular flexibility index (Phi) is 4.47. The number of hydrogen-bond acceptors (Lipinski definition) is 4. The molecule has 106 valence electrons. The van der Waals surface area contributed by atoms with Crippen LogP contribution in [0.3, 0.4) is 0 Å². The van der Waals surface area contributed by atoms with Crippen molar-refractivity contribution >= 4 is 5.69 Å². The topological polar surface area (TPSA) is 97.8 Å². The number of unbranched alkanes of at least 4 members (excludes halogenated alkanes) is 1. The van der Waals surface area contributed by atoms with E-state index < -0.39 is 4.92 Å². The van der Waals surface area contributed by atoms with Gasteiger partial charge < -0.3 is 10.7 Å². The molecule has 2 rings (SSSR count). The molecular formula is C14H18N4O2. The van der Waals surface area contributed by atoms with Gasteiger partial charge >= 0.3 is 0 Å². The van der Waals surface area contributed by atoms with E-state index in [4.69, 9.17) is 5.73 Å². The Bertz CT molecular complexity index is 594. The van der Waals surface area contributed by atoms with Crippen molar-refractivity contribution in [2.45, 2.75) is 32.2 Å². The fraction of sp³-hybridized carbons (Fsp3) is 0.357. The summed E-state index contributed by atoms with van der Waals surface area (Å²) in [5.74, 6) is 0.673. The largest absolute Gasteiger partial charge is 0.340 e. The first-order valence-electron chi connectivity index (χ1n) is 6.67. The van der Waals surface area contributed by atoms with Crippen LogP contribution in [-0.4, -0.2) is 14.9 Å². The maximum absolute atomic E-state index is 11.0. The summed E-state index contributed by atoms with van der Waals surface area (Å²) >= 11 is 0. The van der Waals surface area contributed by atoms with Gasteiger partial charge in [0, 0.05) is 6.07 Å². The van der Waals surface area contributed by atoms with E-state index in [1.807, 2.05) is 0 Å². The summed E-state index contributed by atoms with van der Waals surface area (Å²) in [5, 5.41) is 11.0. The van der Waals surface area contributed by atoms with E-state index in [2.05, 4.69) is 16.9 Å². The quantitative estimate of drug-likeness (QED) is 0.624. The van der Waals surface area contributed by atoms with E-state index in [0.29, 0.717) is 17.1 Å². The summed E-state index contributed by atoms with van der Waals surface area (Å²) in [5.41, 5.74) is 7.25. The van der Waals surface area contributed by atoms with Gasteiger partial charge in [0.1, 0.15) is 5.82 Å². The normalized spacial score (nSPS) is 12.3.